The molecule has 0 saturated carbocycles. The number of anilines is 8. The Morgan fingerprint density at radius 3 is 1.16 bits per heavy atom. The van der Waals surface area contributed by atoms with Crippen molar-refractivity contribution >= 4 is 70.8 Å². The fourth-order valence-corrected chi connectivity index (χ4v) is 8.76. The van der Waals surface area contributed by atoms with Crippen LogP contribution < -0.4 is 39.6 Å². The highest BCUT2D eigenvalue weighted by atomic mass is 16.5. The smallest absolute Gasteiger partial charge is 0.427 e. The first-order valence-electron chi connectivity index (χ1n) is 19.2. The zero-order valence-electron chi connectivity index (χ0n) is 31.2. The van der Waals surface area contributed by atoms with Crippen LogP contribution in [0.5, 0.6) is 23.0 Å². The molecule has 0 radical (unpaired) electrons. The van der Waals surface area contributed by atoms with E-state index in [0.29, 0.717) is 11.8 Å². The molecular formula is C46H38B2N4O3. The van der Waals surface area contributed by atoms with Gasteiger partial charge in [-0.05, 0) is 83.6 Å². The van der Waals surface area contributed by atoms with Gasteiger partial charge >= 0.3 is 14.0 Å². The van der Waals surface area contributed by atoms with E-state index in [1.165, 1.54) is 11.1 Å². The molecular weight excluding hydrogens is 678 g/mol. The zero-order chi connectivity index (χ0) is 36.9. The number of para-hydroxylation sites is 6. The zero-order valence-corrected chi connectivity index (χ0v) is 31.2. The van der Waals surface area contributed by atoms with Crippen molar-refractivity contribution in [3.63, 3.8) is 0 Å². The van der Waals surface area contributed by atoms with Crippen LogP contribution in [0.15, 0.2) is 150 Å². The molecule has 0 N–H and O–H groups in total. The second-order valence-corrected chi connectivity index (χ2v) is 15.3. The minimum atomic E-state index is -0.294. The van der Waals surface area contributed by atoms with E-state index in [4.69, 9.17) is 13.9 Å². The maximum atomic E-state index is 7.45. The third kappa shape index (κ3) is 4.65. The summed E-state index contributed by atoms with van der Waals surface area (Å²) in [6.07, 6.45) is 0. The summed E-state index contributed by atoms with van der Waals surface area (Å²) in [6.45, 7) is 8.37. The lowest BCUT2D eigenvalue weighted by Crippen LogP contribution is -2.53. The number of hydrogen-bond donors (Lipinski definition) is 0. The van der Waals surface area contributed by atoms with Crippen molar-refractivity contribution < 1.29 is 13.9 Å². The normalized spacial score (nSPS) is 14.6. The van der Waals surface area contributed by atoms with Gasteiger partial charge in [0.05, 0.1) is 11.4 Å². The predicted octanol–water partition coefficient (Wildman–Crippen LogP) is 11.1. The van der Waals surface area contributed by atoms with Gasteiger partial charge in [0.25, 0.3) is 0 Å². The van der Waals surface area contributed by atoms with E-state index in [9.17, 15) is 0 Å². The van der Waals surface area contributed by atoms with Crippen LogP contribution in [0.3, 0.4) is 0 Å². The second kappa shape index (κ2) is 12.0. The Hall–Kier alpha value is -6.47. The van der Waals surface area contributed by atoms with Crippen molar-refractivity contribution in [2.45, 2.75) is 39.5 Å². The van der Waals surface area contributed by atoms with Gasteiger partial charge in [0.1, 0.15) is 34.4 Å². The van der Waals surface area contributed by atoms with Crippen molar-refractivity contribution in [2.24, 2.45) is 0 Å². The Balaban J connectivity index is 1.24. The Kier molecular flexibility index (Phi) is 6.99. The fraction of sp³-hybridized carbons (Fsp3) is 0.130. The quantitative estimate of drug-likeness (QED) is 0.168. The van der Waals surface area contributed by atoms with E-state index >= 15 is 0 Å². The van der Waals surface area contributed by atoms with Crippen molar-refractivity contribution in [3.05, 3.63) is 157 Å². The van der Waals surface area contributed by atoms with Gasteiger partial charge in [-0.1, -0.05) is 113 Å². The lowest BCUT2D eigenvalue weighted by atomic mass is 9.64. The molecule has 0 aliphatic carbocycles. The van der Waals surface area contributed by atoms with Crippen molar-refractivity contribution in [2.75, 3.05) is 19.2 Å². The molecule has 0 unspecified atom stereocenters. The molecule has 1 aromatic heterocycles. The number of benzene rings is 6. The maximum absolute atomic E-state index is 7.45. The molecule has 0 saturated heterocycles. The molecule has 7 nitrogen and oxygen atoms in total. The Labute approximate surface area is 322 Å². The highest BCUT2D eigenvalue weighted by molar-refractivity contribution is 6.88. The summed E-state index contributed by atoms with van der Waals surface area (Å²) in [5.74, 6) is 5.53. The monoisotopic (exact) mass is 716 g/mol. The first kappa shape index (κ1) is 32.0. The van der Waals surface area contributed by atoms with E-state index in [2.05, 4.69) is 156 Å². The van der Waals surface area contributed by atoms with E-state index in [0.717, 1.165) is 79.8 Å². The second-order valence-electron chi connectivity index (χ2n) is 15.3. The highest BCUT2D eigenvalue weighted by Crippen LogP contribution is 2.64. The Morgan fingerprint density at radius 1 is 0.400 bits per heavy atom. The summed E-state index contributed by atoms with van der Waals surface area (Å²) in [6, 6.07) is 51.4. The molecule has 4 aliphatic rings. The summed E-state index contributed by atoms with van der Waals surface area (Å²) in [7, 11) is 0. The standard InChI is InChI=1S/C46H38B2N4O3/c1-29(2)31-21-25-33(26-22-31)49-43-44-46(55-45(43)51-37-15-7-11-19-41(37)53-39-17-9-5-13-35(39)47(49)51)52-38-16-8-12-20-42(38)54-40-18-10-6-14-36(40)48(52)50(44)34-27-23-32(24-28-34)30(3)4/h5-30H,1-4H3. The van der Waals surface area contributed by atoms with E-state index < -0.39 is 0 Å². The van der Waals surface area contributed by atoms with Crippen LogP contribution in [-0.4, -0.2) is 14.0 Å². The SMILES string of the molecule is CC(C)c1ccc(N2B3c4ccccc4Oc4ccccc4N3c3oc4c(c32)N(c2ccc(C(C)C)cc2)B2c3ccccc3Oc3ccccc3N24)cc1. The predicted molar refractivity (Wildman–Crippen MR) is 225 cm³/mol. The molecule has 55 heavy (non-hydrogen) atoms. The molecule has 0 atom stereocenters. The van der Waals surface area contributed by atoms with Gasteiger partial charge in [-0.15, -0.1) is 0 Å². The van der Waals surface area contributed by atoms with Gasteiger partial charge < -0.3 is 33.1 Å². The first-order chi connectivity index (χ1) is 27.0. The van der Waals surface area contributed by atoms with E-state index in [1.807, 2.05) is 36.4 Å². The van der Waals surface area contributed by atoms with Crippen molar-refractivity contribution in [3.8, 4) is 23.0 Å². The molecule has 0 amide bonds. The molecule has 9 heteroatoms. The molecule has 0 spiro atoms. The number of nitrogens with zero attached hydrogens (tertiary/aromatic N) is 4. The van der Waals surface area contributed by atoms with Crippen LogP contribution in [0, 0.1) is 0 Å². The minimum Gasteiger partial charge on any atom is -0.456 e. The van der Waals surface area contributed by atoms with Gasteiger partial charge in [0, 0.05) is 22.3 Å². The summed E-state index contributed by atoms with van der Waals surface area (Å²) in [4.78, 5) is 9.58. The summed E-state index contributed by atoms with van der Waals surface area (Å²) >= 11 is 0. The number of fused-ring (bicyclic) bond motifs is 15. The number of rotatable bonds is 4. The molecule has 4 aliphatic heterocycles. The van der Waals surface area contributed by atoms with E-state index in [-0.39, 0.29) is 14.0 Å². The molecule has 0 fully saturated rings. The molecule has 5 heterocycles. The molecule has 7 aromatic rings. The number of hydrogen-bond acceptors (Lipinski definition) is 7. The Morgan fingerprint density at radius 2 is 0.764 bits per heavy atom. The van der Waals surface area contributed by atoms with Crippen LogP contribution in [0.25, 0.3) is 0 Å². The highest BCUT2D eigenvalue weighted by Gasteiger charge is 2.58. The Bertz CT molecular complexity index is 2440. The van der Waals surface area contributed by atoms with Crippen LogP contribution in [0.1, 0.15) is 50.7 Å². The minimum absolute atomic E-state index is 0.294. The van der Waals surface area contributed by atoms with Gasteiger partial charge in [0.2, 0.25) is 11.8 Å². The summed E-state index contributed by atoms with van der Waals surface area (Å²) < 4.78 is 20.9. The van der Waals surface area contributed by atoms with Crippen molar-refractivity contribution in [1.82, 2.24) is 0 Å². The first-order valence-corrected chi connectivity index (χ1v) is 19.2. The van der Waals surface area contributed by atoms with Crippen LogP contribution in [0.2, 0.25) is 0 Å². The lowest BCUT2D eigenvalue weighted by molar-refractivity contribution is 0.488. The van der Waals surface area contributed by atoms with Crippen LogP contribution in [-0.2, 0) is 0 Å². The number of ether oxygens (including phenoxy) is 2. The molecule has 0 bridgehead atoms. The van der Waals surface area contributed by atoms with Gasteiger partial charge in [-0.3, -0.25) is 0 Å². The molecule has 266 valence electrons. The third-order valence-corrected chi connectivity index (χ3v) is 11.5. The lowest BCUT2D eigenvalue weighted by Gasteiger charge is -2.31. The third-order valence-electron chi connectivity index (χ3n) is 11.5. The molecule has 6 aromatic carbocycles. The van der Waals surface area contributed by atoms with E-state index in [1.54, 1.807) is 0 Å². The van der Waals surface area contributed by atoms with Gasteiger partial charge in [0.15, 0.2) is 0 Å². The molecule has 11 rings (SSSR count). The van der Waals surface area contributed by atoms with Crippen LogP contribution in [0.4, 0.5) is 45.9 Å². The average molecular weight is 716 g/mol. The summed E-state index contributed by atoms with van der Waals surface area (Å²) in [5, 5.41) is 0. The van der Waals surface area contributed by atoms with Crippen LogP contribution >= 0.6 is 0 Å². The van der Waals surface area contributed by atoms with Gasteiger partial charge in [-0.25, -0.2) is 0 Å². The fourth-order valence-electron chi connectivity index (χ4n) is 8.76. The largest absolute Gasteiger partial charge is 0.456 e. The number of furan rings is 1. The average Bonchev–Trinajstić information content (AvgIpc) is 3.77. The van der Waals surface area contributed by atoms with Crippen molar-refractivity contribution in [1.29, 1.82) is 0 Å². The summed E-state index contributed by atoms with van der Waals surface area (Å²) in [5.41, 5.74) is 10.7. The van der Waals surface area contributed by atoms with Gasteiger partial charge in [-0.2, -0.15) is 0 Å². The maximum Gasteiger partial charge on any atom is 0.427 e. The topological polar surface area (TPSA) is 44.6 Å².